The molecule has 1 aromatic rings. The Morgan fingerprint density at radius 3 is 1.07 bits per heavy atom. The van der Waals surface area contributed by atoms with Gasteiger partial charge < -0.3 is 0 Å². The van der Waals surface area contributed by atoms with E-state index in [0.29, 0.717) is 0 Å². The lowest BCUT2D eigenvalue weighted by atomic mass is 10.4. The van der Waals surface area contributed by atoms with Gasteiger partial charge in [-0.15, -0.1) is 0 Å². The molecule has 5 heteroatoms. The van der Waals surface area contributed by atoms with E-state index in [9.17, 15) is 0 Å². The molecule has 1 rings (SSSR count). The minimum atomic E-state index is 0.750. The van der Waals surface area contributed by atoms with E-state index in [2.05, 4.69) is 15.9 Å². The number of carbonyl (C=O) groups excluding carboxylic acids is 2. The smallest absolute Gasteiger partial charge is 0.222 e. The number of alkyl halides is 1. The first-order chi connectivity index (χ1) is 7.24. The maximum absolute atomic E-state index is 8.35. The van der Waals surface area contributed by atoms with Crippen molar-refractivity contribution >= 4 is 28.1 Å². The fourth-order valence-electron chi connectivity index (χ4n) is 0.385. The summed E-state index contributed by atoms with van der Waals surface area (Å²) in [6.07, 6.45) is 1.50. The Morgan fingerprint density at radius 1 is 0.933 bits per heavy atom. The lowest BCUT2D eigenvalue weighted by molar-refractivity contribution is 0.562. The number of halogens is 1. The van der Waals surface area contributed by atoms with Gasteiger partial charge >= 0.3 is 0 Å². The fourth-order valence-corrected chi connectivity index (χ4v) is 0.385. The molecule has 0 radical (unpaired) electrons. The Morgan fingerprint density at radius 2 is 1.00 bits per heavy atom. The Kier molecular flexibility index (Phi) is 37.4. The van der Waals surface area contributed by atoms with Crippen LogP contribution in [0.3, 0.4) is 0 Å². The molecule has 82 valence electrons. The zero-order chi connectivity index (χ0) is 12.4. The van der Waals surface area contributed by atoms with E-state index >= 15 is 0 Å². The van der Waals surface area contributed by atoms with Gasteiger partial charge in [0, 0.05) is 5.33 Å². The zero-order valence-electron chi connectivity index (χ0n) is 8.37. The Hall–Kier alpha value is -1.54. The van der Waals surface area contributed by atoms with E-state index in [4.69, 9.17) is 20.4 Å². The van der Waals surface area contributed by atoms with Crippen molar-refractivity contribution in [1.29, 1.82) is 10.8 Å². The van der Waals surface area contributed by atoms with E-state index in [1.165, 1.54) is 0 Å². The van der Waals surface area contributed by atoms with Gasteiger partial charge in [0.15, 0.2) is 0 Å². The van der Waals surface area contributed by atoms with Gasteiger partial charge in [0.05, 0.1) is 0 Å². The second-order valence-corrected chi connectivity index (χ2v) is 2.75. The lowest BCUT2D eigenvalue weighted by Gasteiger charge is -1.69. The molecule has 0 heterocycles. The maximum Gasteiger partial charge on any atom is 0.231 e. The highest BCUT2D eigenvalue weighted by atomic mass is 79.9. The van der Waals surface area contributed by atoms with Gasteiger partial charge in [0.1, 0.15) is 0 Å². The van der Waals surface area contributed by atoms with Crippen molar-refractivity contribution < 1.29 is 9.59 Å². The number of benzene rings is 1. The van der Waals surface area contributed by atoms with E-state index in [1.807, 2.05) is 43.3 Å². The molecule has 0 fully saturated rings. The molecular weight excluding hydrogens is 260 g/mol. The largest absolute Gasteiger partial charge is 0.231 e. The van der Waals surface area contributed by atoms with Gasteiger partial charge in [0.2, 0.25) is 12.2 Å². The third-order valence-corrected chi connectivity index (χ3v) is 0.667. The molecule has 0 aromatic heterocycles. The summed E-state index contributed by atoms with van der Waals surface area (Å²) in [6.45, 7) is 2.04. The molecule has 0 saturated heterocycles. The second kappa shape index (κ2) is 29.4. The second-order valence-electron chi connectivity index (χ2n) is 1.63. The molecule has 0 atom stereocenters. The van der Waals surface area contributed by atoms with Gasteiger partial charge in [0.25, 0.3) is 0 Å². The van der Waals surface area contributed by atoms with Crippen molar-refractivity contribution in [1.82, 2.24) is 0 Å². The van der Waals surface area contributed by atoms with Crippen LogP contribution in [0, 0.1) is 10.8 Å². The summed E-state index contributed by atoms with van der Waals surface area (Å²) in [7, 11) is 0. The molecular formula is C10H13BrN2O2. The van der Waals surface area contributed by atoms with E-state index in [-0.39, 0.29) is 0 Å². The molecule has 15 heavy (non-hydrogen) atoms. The molecule has 0 amide bonds. The number of hydrogen-bond donors (Lipinski definition) is 2. The van der Waals surface area contributed by atoms with Crippen molar-refractivity contribution in [3.63, 3.8) is 0 Å². The summed E-state index contributed by atoms with van der Waals surface area (Å²) in [5, 5.41) is 11.9. The molecule has 1 aromatic carbocycles. The minimum Gasteiger partial charge on any atom is -0.222 e. The number of nitrogens with one attached hydrogen (secondary N) is 2. The fraction of sp³-hybridized carbons (Fsp3) is 0.200. The highest BCUT2D eigenvalue weighted by Gasteiger charge is 1.57. The molecule has 0 aliphatic carbocycles. The predicted octanol–water partition coefficient (Wildman–Crippen LogP) is 2.89. The lowest BCUT2D eigenvalue weighted by Crippen LogP contribution is -1.47. The monoisotopic (exact) mass is 272 g/mol. The van der Waals surface area contributed by atoms with Crippen LogP contribution in [-0.4, -0.2) is 17.5 Å². The average molecular weight is 273 g/mol. The van der Waals surface area contributed by atoms with Gasteiger partial charge in [-0.1, -0.05) is 59.3 Å². The predicted molar refractivity (Wildman–Crippen MR) is 62.7 cm³/mol. The van der Waals surface area contributed by atoms with Crippen LogP contribution in [0.2, 0.25) is 0 Å². The van der Waals surface area contributed by atoms with Crippen LogP contribution < -0.4 is 0 Å². The van der Waals surface area contributed by atoms with Crippen LogP contribution in [0.15, 0.2) is 36.4 Å². The summed E-state index contributed by atoms with van der Waals surface area (Å²) in [5.74, 6) is 0. The molecule has 0 aliphatic rings. The maximum atomic E-state index is 8.35. The first-order valence-electron chi connectivity index (χ1n) is 3.88. The van der Waals surface area contributed by atoms with Gasteiger partial charge in [-0.05, 0) is 0 Å². The molecule has 0 unspecified atom stereocenters. The summed E-state index contributed by atoms with van der Waals surface area (Å²) in [6, 6.07) is 12.0. The first kappa shape index (κ1) is 19.1. The van der Waals surface area contributed by atoms with Crippen molar-refractivity contribution in [2.45, 2.75) is 6.92 Å². The van der Waals surface area contributed by atoms with Crippen molar-refractivity contribution in [3.05, 3.63) is 36.4 Å². The quantitative estimate of drug-likeness (QED) is 0.433. The highest BCUT2D eigenvalue weighted by Crippen LogP contribution is 1.79. The van der Waals surface area contributed by atoms with Gasteiger partial charge in [-0.25, -0.2) is 20.4 Å². The third kappa shape index (κ3) is 68.5. The highest BCUT2D eigenvalue weighted by molar-refractivity contribution is 9.09. The first-order valence-corrected chi connectivity index (χ1v) is 5.00. The molecule has 2 N–H and O–H groups in total. The van der Waals surface area contributed by atoms with Crippen molar-refractivity contribution in [3.8, 4) is 0 Å². The van der Waals surface area contributed by atoms with E-state index < -0.39 is 0 Å². The summed E-state index contributed by atoms with van der Waals surface area (Å²) >= 11 is 3.15. The number of rotatable bonds is 0. The Bertz CT molecular complexity index is 215. The van der Waals surface area contributed by atoms with Crippen molar-refractivity contribution in [2.75, 3.05) is 5.33 Å². The van der Waals surface area contributed by atoms with E-state index in [0.717, 1.165) is 17.5 Å². The minimum absolute atomic E-state index is 0.750. The third-order valence-electron chi connectivity index (χ3n) is 0.667. The Labute approximate surface area is 97.5 Å². The molecule has 0 aliphatic heterocycles. The standard InChI is InChI=1S/C6H6.C2H5Br.2CHNO/c1-2-4-6-5-3-1;1-2-3;2*2-1-3/h1-6H;2H2,1H3;2*2H. The average Bonchev–Trinajstić information content (AvgIpc) is 2.24. The van der Waals surface area contributed by atoms with Crippen LogP contribution in [-0.2, 0) is 9.59 Å². The molecule has 0 saturated carbocycles. The van der Waals surface area contributed by atoms with Crippen LogP contribution in [0.25, 0.3) is 0 Å². The topological polar surface area (TPSA) is 81.8 Å². The van der Waals surface area contributed by atoms with Crippen LogP contribution >= 0.6 is 15.9 Å². The molecule has 4 nitrogen and oxygen atoms in total. The zero-order valence-corrected chi connectivity index (χ0v) is 9.95. The SMILES string of the molecule is CCBr.N=C=O.N=C=O.c1ccccc1. The summed E-state index contributed by atoms with van der Waals surface area (Å²) in [4.78, 5) is 16.7. The van der Waals surface area contributed by atoms with Crippen LogP contribution in [0.1, 0.15) is 6.92 Å². The van der Waals surface area contributed by atoms with Crippen molar-refractivity contribution in [2.24, 2.45) is 0 Å². The Balaban J connectivity index is -0.000000140. The summed E-state index contributed by atoms with van der Waals surface area (Å²) in [5.41, 5.74) is 0. The number of isocyanates is 2. The summed E-state index contributed by atoms with van der Waals surface area (Å²) < 4.78 is 0. The number of hydrogen-bond acceptors (Lipinski definition) is 4. The van der Waals surface area contributed by atoms with Crippen LogP contribution in [0.5, 0.6) is 0 Å². The molecule has 0 spiro atoms. The van der Waals surface area contributed by atoms with Crippen LogP contribution in [0.4, 0.5) is 0 Å². The van der Waals surface area contributed by atoms with Gasteiger partial charge in [-0.2, -0.15) is 0 Å². The van der Waals surface area contributed by atoms with Gasteiger partial charge in [-0.3, -0.25) is 0 Å². The molecule has 0 bridgehead atoms. The van der Waals surface area contributed by atoms with E-state index in [1.54, 1.807) is 0 Å². The normalized spacial score (nSPS) is 5.47.